The maximum atomic E-state index is 13.5. The van der Waals surface area contributed by atoms with Gasteiger partial charge < -0.3 is 24.8 Å². The van der Waals surface area contributed by atoms with Crippen molar-refractivity contribution in [2.75, 3.05) is 33.2 Å². The summed E-state index contributed by atoms with van der Waals surface area (Å²) in [5.74, 6) is 0.00164. The molecule has 1 saturated carbocycles. The molecule has 1 aliphatic carbocycles. The van der Waals surface area contributed by atoms with E-state index >= 15 is 0 Å². The lowest BCUT2D eigenvalue weighted by molar-refractivity contribution is -0.140. The molecule has 4 rings (SSSR count). The third-order valence-corrected chi connectivity index (χ3v) is 7.37. The van der Waals surface area contributed by atoms with E-state index in [1.807, 2.05) is 45.7 Å². The van der Waals surface area contributed by atoms with Crippen LogP contribution in [0.2, 0.25) is 0 Å². The maximum absolute atomic E-state index is 13.5. The molecule has 3 amide bonds. The second-order valence-corrected chi connectivity index (χ2v) is 9.78. The van der Waals surface area contributed by atoms with E-state index in [0.29, 0.717) is 31.7 Å². The summed E-state index contributed by atoms with van der Waals surface area (Å²) in [7, 11) is 1.74. The molecular formula is C26H37N5O3. The first-order valence-electron chi connectivity index (χ1n) is 12.5. The molecule has 2 aliphatic rings. The zero-order valence-corrected chi connectivity index (χ0v) is 20.5. The number of carbonyl (C=O) groups excluding carboxylic acids is 3. The van der Waals surface area contributed by atoms with Crippen LogP contribution in [0.3, 0.4) is 0 Å². The van der Waals surface area contributed by atoms with Crippen LogP contribution in [0.25, 0.3) is 5.52 Å². The van der Waals surface area contributed by atoms with Crippen LogP contribution >= 0.6 is 0 Å². The standard InChI is InChI=1S/C26H37N5O3/c1-18-15-22-10-9-21(17-31(22)16-18)25(33)29-11-13-30(14-12-29)26(34)23(20-7-5-4-6-8-20)28-24(32)19(2)27-3/h9-10,15-17,19-20,23,27H,4-8,11-14H2,1-3H3,(H,28,32)/t19?,23-/m0/s1. The number of fused-ring (bicyclic) bond motifs is 1. The molecule has 8 nitrogen and oxygen atoms in total. The van der Waals surface area contributed by atoms with Crippen molar-refractivity contribution in [3.63, 3.8) is 0 Å². The van der Waals surface area contributed by atoms with Crippen molar-refractivity contribution in [3.05, 3.63) is 41.7 Å². The second-order valence-electron chi connectivity index (χ2n) is 9.78. The van der Waals surface area contributed by atoms with Gasteiger partial charge in [-0.3, -0.25) is 14.4 Å². The number of nitrogens with zero attached hydrogens (tertiary/aromatic N) is 3. The lowest BCUT2D eigenvalue weighted by atomic mass is 9.83. The Morgan fingerprint density at radius 3 is 2.32 bits per heavy atom. The van der Waals surface area contributed by atoms with Crippen LogP contribution in [0, 0.1) is 12.8 Å². The minimum Gasteiger partial charge on any atom is -0.343 e. The fourth-order valence-electron chi connectivity index (χ4n) is 5.15. The summed E-state index contributed by atoms with van der Waals surface area (Å²) in [6, 6.07) is 5.06. The van der Waals surface area contributed by atoms with Crippen LogP contribution in [-0.4, -0.2) is 77.2 Å². The average Bonchev–Trinajstić information content (AvgIpc) is 3.25. The third-order valence-electron chi connectivity index (χ3n) is 7.37. The summed E-state index contributed by atoms with van der Waals surface area (Å²) in [6.07, 6.45) is 9.19. The predicted octanol–water partition coefficient (Wildman–Crippen LogP) is 2.21. The van der Waals surface area contributed by atoms with Crippen molar-refractivity contribution < 1.29 is 14.4 Å². The fourth-order valence-corrected chi connectivity index (χ4v) is 5.15. The van der Waals surface area contributed by atoms with Crippen LogP contribution in [-0.2, 0) is 9.59 Å². The quantitative estimate of drug-likeness (QED) is 0.682. The maximum Gasteiger partial charge on any atom is 0.255 e. The Morgan fingerprint density at radius 1 is 0.971 bits per heavy atom. The molecule has 3 heterocycles. The first kappa shape index (κ1) is 24.3. The van der Waals surface area contributed by atoms with Gasteiger partial charge in [0.2, 0.25) is 11.8 Å². The Hall–Kier alpha value is -2.87. The molecule has 2 fully saturated rings. The van der Waals surface area contributed by atoms with Crippen LogP contribution in [0.15, 0.2) is 30.6 Å². The summed E-state index contributed by atoms with van der Waals surface area (Å²) in [4.78, 5) is 42.9. The summed E-state index contributed by atoms with van der Waals surface area (Å²) < 4.78 is 1.98. The Bertz CT molecular complexity index is 1030. The predicted molar refractivity (Wildman–Crippen MR) is 132 cm³/mol. The number of amides is 3. The molecule has 2 aromatic heterocycles. The molecule has 34 heavy (non-hydrogen) atoms. The summed E-state index contributed by atoms with van der Waals surface area (Å²) >= 11 is 0. The molecule has 1 unspecified atom stereocenters. The molecular weight excluding hydrogens is 430 g/mol. The van der Waals surface area contributed by atoms with Gasteiger partial charge in [-0.05, 0) is 63.4 Å². The molecule has 2 aromatic rings. The van der Waals surface area contributed by atoms with E-state index in [9.17, 15) is 14.4 Å². The van der Waals surface area contributed by atoms with Crippen molar-refractivity contribution in [3.8, 4) is 0 Å². The molecule has 2 N–H and O–H groups in total. The van der Waals surface area contributed by atoms with E-state index in [2.05, 4.69) is 16.7 Å². The van der Waals surface area contributed by atoms with Crippen molar-refractivity contribution >= 4 is 23.2 Å². The van der Waals surface area contributed by atoms with Crippen LogP contribution < -0.4 is 10.6 Å². The van der Waals surface area contributed by atoms with Crippen molar-refractivity contribution in [2.45, 2.75) is 58.0 Å². The van der Waals surface area contributed by atoms with Gasteiger partial charge in [0.05, 0.1) is 11.6 Å². The smallest absolute Gasteiger partial charge is 0.255 e. The van der Waals surface area contributed by atoms with Crippen LogP contribution in [0.1, 0.15) is 54.9 Å². The molecule has 0 aromatic carbocycles. The fraction of sp³-hybridized carbons (Fsp3) is 0.577. The molecule has 184 valence electrons. The number of aryl methyl sites for hydroxylation is 1. The highest BCUT2D eigenvalue weighted by Crippen LogP contribution is 2.28. The summed E-state index contributed by atoms with van der Waals surface area (Å²) in [6.45, 7) is 5.78. The number of carbonyl (C=O) groups is 3. The summed E-state index contributed by atoms with van der Waals surface area (Å²) in [5.41, 5.74) is 2.87. The highest BCUT2D eigenvalue weighted by Gasteiger charge is 2.36. The molecule has 0 radical (unpaired) electrons. The number of aromatic nitrogens is 1. The normalized spacial score (nSPS) is 19.1. The zero-order valence-electron chi connectivity index (χ0n) is 20.5. The highest BCUT2D eigenvalue weighted by molar-refractivity contribution is 5.95. The average molecular weight is 468 g/mol. The van der Waals surface area contributed by atoms with Gasteiger partial charge in [0, 0.05) is 44.1 Å². The molecule has 0 bridgehead atoms. The number of pyridine rings is 1. The van der Waals surface area contributed by atoms with Crippen molar-refractivity contribution in [2.24, 2.45) is 5.92 Å². The van der Waals surface area contributed by atoms with Gasteiger partial charge in [-0.15, -0.1) is 0 Å². The Kier molecular flexibility index (Phi) is 7.56. The topological polar surface area (TPSA) is 86.2 Å². The Balaban J connectivity index is 1.40. The van der Waals surface area contributed by atoms with Gasteiger partial charge in [0.1, 0.15) is 6.04 Å². The van der Waals surface area contributed by atoms with Gasteiger partial charge in [-0.2, -0.15) is 0 Å². The SMILES string of the molecule is CNC(C)C(=O)N[C@H](C(=O)N1CCN(C(=O)c2ccc3cc(C)cn3c2)CC1)C1CCCCC1. The van der Waals surface area contributed by atoms with E-state index in [-0.39, 0.29) is 29.7 Å². The van der Waals surface area contributed by atoms with E-state index in [1.54, 1.807) is 14.0 Å². The van der Waals surface area contributed by atoms with Gasteiger partial charge in [-0.25, -0.2) is 0 Å². The number of nitrogens with one attached hydrogen (secondary N) is 2. The van der Waals surface area contributed by atoms with Crippen LogP contribution in [0.5, 0.6) is 0 Å². The van der Waals surface area contributed by atoms with E-state index in [4.69, 9.17) is 0 Å². The molecule has 1 saturated heterocycles. The lowest BCUT2D eigenvalue weighted by Gasteiger charge is -2.39. The number of hydrogen-bond donors (Lipinski definition) is 2. The number of likely N-dealkylation sites (N-methyl/N-ethyl adjacent to an activating group) is 1. The molecule has 1 aliphatic heterocycles. The largest absolute Gasteiger partial charge is 0.343 e. The van der Waals surface area contributed by atoms with Gasteiger partial charge in [0.25, 0.3) is 5.91 Å². The lowest BCUT2D eigenvalue weighted by Crippen LogP contribution is -2.59. The van der Waals surface area contributed by atoms with Gasteiger partial charge in [-0.1, -0.05) is 19.3 Å². The van der Waals surface area contributed by atoms with E-state index in [0.717, 1.165) is 36.8 Å². The first-order chi connectivity index (χ1) is 16.4. The minimum atomic E-state index is -0.495. The van der Waals surface area contributed by atoms with Gasteiger partial charge >= 0.3 is 0 Å². The van der Waals surface area contributed by atoms with E-state index in [1.165, 1.54) is 6.42 Å². The van der Waals surface area contributed by atoms with Gasteiger partial charge in [0.15, 0.2) is 0 Å². The minimum absolute atomic E-state index is 0.0136. The monoisotopic (exact) mass is 467 g/mol. The molecule has 8 heteroatoms. The molecule has 0 spiro atoms. The summed E-state index contributed by atoms with van der Waals surface area (Å²) in [5, 5.41) is 5.99. The zero-order chi connectivity index (χ0) is 24.2. The highest BCUT2D eigenvalue weighted by atomic mass is 16.2. The Morgan fingerprint density at radius 2 is 1.65 bits per heavy atom. The van der Waals surface area contributed by atoms with Crippen LogP contribution in [0.4, 0.5) is 0 Å². The second kappa shape index (κ2) is 10.6. The third kappa shape index (κ3) is 5.27. The number of rotatable bonds is 6. The number of hydrogen-bond acceptors (Lipinski definition) is 4. The van der Waals surface area contributed by atoms with Crippen molar-refractivity contribution in [1.29, 1.82) is 0 Å². The van der Waals surface area contributed by atoms with E-state index < -0.39 is 6.04 Å². The van der Waals surface area contributed by atoms with Crippen molar-refractivity contribution in [1.82, 2.24) is 24.8 Å². The first-order valence-corrected chi connectivity index (χ1v) is 12.5. The Labute approximate surface area is 201 Å². The number of piperazine rings is 1. The molecule has 2 atom stereocenters.